The smallest absolute Gasteiger partial charge is 0.251 e. The number of hydrogen-bond donors (Lipinski definition) is 2. The fraction of sp³-hybridized carbons (Fsp3) is 0.111. The number of rotatable bonds is 6. The highest BCUT2D eigenvalue weighted by atomic mass is 16.1. The predicted molar refractivity (Wildman–Crippen MR) is 91.2 cm³/mol. The topological polar surface area (TPSA) is 101 Å². The molecule has 0 aliphatic rings. The fourth-order valence-corrected chi connectivity index (χ4v) is 1.99. The highest BCUT2D eigenvalue weighted by Gasteiger charge is 2.06. The summed E-state index contributed by atoms with van der Waals surface area (Å²) >= 11 is 0. The van der Waals surface area contributed by atoms with Gasteiger partial charge in [-0.25, -0.2) is 0 Å². The average Bonchev–Trinajstić information content (AvgIpc) is 2.63. The minimum atomic E-state index is -0.285. The number of hydrogen-bond acceptors (Lipinski definition) is 5. The van der Waals surface area contributed by atoms with Gasteiger partial charge in [0, 0.05) is 12.1 Å². The quantitative estimate of drug-likeness (QED) is 0.631. The molecule has 2 N–H and O–H groups in total. The number of nitriles is 2. The molecule has 0 heterocycles. The van der Waals surface area contributed by atoms with E-state index in [4.69, 9.17) is 10.5 Å². The van der Waals surface area contributed by atoms with Crippen molar-refractivity contribution < 1.29 is 4.79 Å². The molecule has 0 saturated carbocycles. The molecule has 0 radical (unpaired) electrons. The summed E-state index contributed by atoms with van der Waals surface area (Å²) in [5.41, 5.74) is 4.45. The van der Waals surface area contributed by atoms with Crippen molar-refractivity contribution >= 4 is 17.3 Å². The number of carbonyl (C=O) groups excluding carboxylic acids is 1. The van der Waals surface area contributed by atoms with E-state index < -0.39 is 0 Å². The zero-order valence-electron chi connectivity index (χ0n) is 12.9. The van der Waals surface area contributed by atoms with Crippen LogP contribution in [-0.4, -0.2) is 18.2 Å². The monoisotopic (exact) mass is 317 g/mol. The summed E-state index contributed by atoms with van der Waals surface area (Å²) < 4.78 is 0. The van der Waals surface area contributed by atoms with Crippen LogP contribution in [0.4, 0.5) is 5.69 Å². The zero-order chi connectivity index (χ0) is 17.2. The van der Waals surface area contributed by atoms with Crippen molar-refractivity contribution in [1.29, 1.82) is 10.5 Å². The maximum Gasteiger partial charge on any atom is 0.251 e. The molecule has 2 aromatic rings. The predicted octanol–water partition coefficient (Wildman–Crippen LogP) is 2.47. The van der Waals surface area contributed by atoms with E-state index in [9.17, 15) is 4.79 Å². The minimum absolute atomic E-state index is 0.195. The first-order valence-corrected chi connectivity index (χ1v) is 7.29. The van der Waals surface area contributed by atoms with Crippen LogP contribution in [0.1, 0.15) is 15.9 Å². The molecule has 6 heteroatoms. The van der Waals surface area contributed by atoms with Crippen LogP contribution in [0.3, 0.4) is 0 Å². The van der Waals surface area contributed by atoms with Gasteiger partial charge in [-0.05, 0) is 30.2 Å². The molecule has 2 rings (SSSR count). The second-order valence-corrected chi connectivity index (χ2v) is 4.87. The van der Waals surface area contributed by atoms with Crippen LogP contribution in [0.15, 0.2) is 59.7 Å². The number of nitrogens with one attached hydrogen (secondary N) is 2. The van der Waals surface area contributed by atoms with Gasteiger partial charge < -0.3 is 5.32 Å². The largest absolute Gasteiger partial charge is 0.352 e. The van der Waals surface area contributed by atoms with E-state index in [1.54, 1.807) is 36.4 Å². The molecule has 6 nitrogen and oxygen atoms in total. The number of nitrogens with zero attached hydrogens (tertiary/aromatic N) is 3. The van der Waals surface area contributed by atoms with Gasteiger partial charge >= 0.3 is 0 Å². The third-order valence-electron chi connectivity index (χ3n) is 3.18. The first-order valence-electron chi connectivity index (χ1n) is 7.29. The van der Waals surface area contributed by atoms with Gasteiger partial charge in [0.25, 0.3) is 5.91 Å². The Morgan fingerprint density at radius 3 is 2.50 bits per heavy atom. The number of hydrazone groups is 1. The van der Waals surface area contributed by atoms with Crippen LogP contribution in [0.2, 0.25) is 0 Å². The van der Waals surface area contributed by atoms with E-state index in [1.807, 2.05) is 30.3 Å². The number of anilines is 1. The standard InChI is InChI=1S/C18H15N5O/c19-12-17(13-20)23-22-16-8-4-7-15(11-16)18(24)21-10-9-14-5-2-1-3-6-14/h1-8,11,22H,9-10H2,(H,21,24). The Bertz CT molecular complexity index is 799. The summed E-state index contributed by atoms with van der Waals surface area (Å²) in [6.07, 6.45) is 0.752. The maximum absolute atomic E-state index is 12.2. The van der Waals surface area contributed by atoms with Crippen molar-refractivity contribution in [3.8, 4) is 12.1 Å². The Hall–Kier alpha value is -3.64. The number of benzene rings is 2. The fourth-order valence-electron chi connectivity index (χ4n) is 1.99. The molecule has 0 bridgehead atoms. The molecule has 0 fully saturated rings. The molecule has 0 aliphatic carbocycles. The van der Waals surface area contributed by atoms with E-state index in [2.05, 4.69) is 15.8 Å². The molecule has 0 aliphatic heterocycles. The van der Waals surface area contributed by atoms with Crippen LogP contribution in [0, 0.1) is 22.7 Å². The van der Waals surface area contributed by atoms with Gasteiger partial charge in [0.15, 0.2) is 0 Å². The van der Waals surface area contributed by atoms with Gasteiger partial charge in [0.1, 0.15) is 12.1 Å². The average molecular weight is 317 g/mol. The SMILES string of the molecule is N#CC(C#N)=NNc1cccc(C(=O)NCCc2ccccc2)c1. The molecule has 2 aromatic carbocycles. The van der Waals surface area contributed by atoms with Crippen LogP contribution >= 0.6 is 0 Å². The van der Waals surface area contributed by atoms with Gasteiger partial charge in [-0.1, -0.05) is 36.4 Å². The summed E-state index contributed by atoms with van der Waals surface area (Å²) in [6.45, 7) is 0.533. The highest BCUT2D eigenvalue weighted by Crippen LogP contribution is 2.10. The van der Waals surface area contributed by atoms with Gasteiger partial charge in [-0.2, -0.15) is 15.6 Å². The van der Waals surface area contributed by atoms with Gasteiger partial charge in [0.05, 0.1) is 5.69 Å². The highest BCUT2D eigenvalue weighted by molar-refractivity contribution is 6.10. The Balaban J connectivity index is 1.93. The van der Waals surface area contributed by atoms with Crippen molar-refractivity contribution in [3.63, 3.8) is 0 Å². The Labute approximate surface area is 140 Å². The lowest BCUT2D eigenvalue weighted by atomic mass is 10.1. The molecule has 0 spiro atoms. The summed E-state index contributed by atoms with van der Waals surface area (Å²) in [5, 5.41) is 23.8. The normalized spacial score (nSPS) is 9.25. The van der Waals surface area contributed by atoms with Crippen molar-refractivity contribution in [2.24, 2.45) is 5.10 Å². The molecule has 0 saturated heterocycles. The number of amides is 1. The molecular weight excluding hydrogens is 302 g/mol. The Morgan fingerprint density at radius 2 is 1.79 bits per heavy atom. The van der Waals surface area contributed by atoms with Crippen molar-refractivity contribution in [1.82, 2.24) is 5.32 Å². The molecule has 118 valence electrons. The Kier molecular flexibility index (Phi) is 6.08. The lowest BCUT2D eigenvalue weighted by Crippen LogP contribution is -2.25. The Morgan fingerprint density at radius 1 is 1.04 bits per heavy atom. The van der Waals surface area contributed by atoms with E-state index in [1.165, 1.54) is 0 Å². The van der Waals surface area contributed by atoms with Gasteiger partial charge in [-0.15, -0.1) is 0 Å². The second-order valence-electron chi connectivity index (χ2n) is 4.87. The van der Waals surface area contributed by atoms with E-state index in [0.29, 0.717) is 17.8 Å². The third kappa shape index (κ3) is 4.97. The summed E-state index contributed by atoms with van der Waals surface area (Å²) in [7, 11) is 0. The van der Waals surface area contributed by atoms with E-state index >= 15 is 0 Å². The minimum Gasteiger partial charge on any atom is -0.352 e. The summed E-state index contributed by atoms with van der Waals surface area (Å²) in [5.74, 6) is -0.195. The lowest BCUT2D eigenvalue weighted by molar-refractivity contribution is 0.0954. The van der Waals surface area contributed by atoms with Crippen molar-refractivity contribution in [2.45, 2.75) is 6.42 Å². The van der Waals surface area contributed by atoms with Crippen molar-refractivity contribution in [3.05, 3.63) is 65.7 Å². The summed E-state index contributed by atoms with van der Waals surface area (Å²) in [6, 6.07) is 19.9. The zero-order valence-corrected chi connectivity index (χ0v) is 12.9. The molecular formula is C18H15N5O. The van der Waals surface area contributed by atoms with Gasteiger partial charge in [-0.3, -0.25) is 10.2 Å². The van der Waals surface area contributed by atoms with Crippen LogP contribution in [0.5, 0.6) is 0 Å². The lowest BCUT2D eigenvalue weighted by Gasteiger charge is -2.07. The second kappa shape index (κ2) is 8.72. The molecule has 0 atom stereocenters. The van der Waals surface area contributed by atoms with Gasteiger partial charge in [0.2, 0.25) is 5.71 Å². The molecule has 24 heavy (non-hydrogen) atoms. The first kappa shape index (κ1) is 16.7. The summed E-state index contributed by atoms with van der Waals surface area (Å²) in [4.78, 5) is 12.2. The molecule has 0 aromatic heterocycles. The van der Waals surface area contributed by atoms with Crippen molar-refractivity contribution in [2.75, 3.05) is 12.0 Å². The number of carbonyl (C=O) groups is 1. The van der Waals surface area contributed by atoms with E-state index in [-0.39, 0.29) is 11.6 Å². The first-order chi connectivity index (χ1) is 11.7. The third-order valence-corrected chi connectivity index (χ3v) is 3.18. The van der Waals surface area contributed by atoms with Crippen LogP contribution in [-0.2, 0) is 6.42 Å². The van der Waals surface area contributed by atoms with E-state index in [0.717, 1.165) is 12.0 Å². The molecule has 1 amide bonds. The maximum atomic E-state index is 12.2. The molecule has 0 unspecified atom stereocenters. The van der Waals surface area contributed by atoms with Crippen LogP contribution < -0.4 is 10.7 Å². The van der Waals surface area contributed by atoms with Crippen LogP contribution in [0.25, 0.3) is 0 Å².